The molecule has 0 amide bonds. The van der Waals surface area contributed by atoms with Gasteiger partial charge in [0, 0.05) is 0 Å². The molecule has 1 atom stereocenters. The van der Waals surface area contributed by atoms with E-state index >= 15 is 0 Å². The van der Waals surface area contributed by atoms with E-state index in [1.165, 1.54) is 16.3 Å². The van der Waals surface area contributed by atoms with Crippen LogP contribution in [-0.4, -0.2) is 12.6 Å². The lowest BCUT2D eigenvalue weighted by Crippen LogP contribution is -2.13. The monoisotopic (exact) mass is 284 g/mol. The number of hydrogen-bond donors (Lipinski definition) is 0. The maximum absolute atomic E-state index is 12.0. The SMILES string of the molecule is CCC(CC(=O)OCC(C)C)c1cccc2ccccc12. The summed E-state index contributed by atoms with van der Waals surface area (Å²) in [5.74, 6) is 0.505. The van der Waals surface area contributed by atoms with Crippen molar-refractivity contribution in [3.05, 3.63) is 48.0 Å². The number of benzene rings is 2. The largest absolute Gasteiger partial charge is 0.465 e. The van der Waals surface area contributed by atoms with Crippen LogP contribution in [0.4, 0.5) is 0 Å². The summed E-state index contributed by atoms with van der Waals surface area (Å²) in [7, 11) is 0. The molecule has 21 heavy (non-hydrogen) atoms. The molecule has 0 spiro atoms. The van der Waals surface area contributed by atoms with Crippen LogP contribution >= 0.6 is 0 Å². The van der Waals surface area contributed by atoms with Gasteiger partial charge in [-0.15, -0.1) is 0 Å². The molecule has 0 bridgehead atoms. The Bertz CT molecular complexity index is 596. The maximum atomic E-state index is 12.0. The summed E-state index contributed by atoms with van der Waals surface area (Å²) in [5, 5.41) is 2.47. The minimum Gasteiger partial charge on any atom is -0.465 e. The van der Waals surface area contributed by atoms with E-state index in [9.17, 15) is 4.79 Å². The van der Waals surface area contributed by atoms with Gasteiger partial charge in [0.15, 0.2) is 0 Å². The van der Waals surface area contributed by atoms with Gasteiger partial charge in [0.1, 0.15) is 0 Å². The molecule has 112 valence electrons. The molecule has 2 heteroatoms. The molecule has 0 aliphatic rings. The van der Waals surface area contributed by atoms with Gasteiger partial charge < -0.3 is 4.74 Å². The zero-order valence-electron chi connectivity index (χ0n) is 13.1. The average Bonchev–Trinajstić information content (AvgIpc) is 2.50. The molecule has 2 rings (SSSR count). The van der Waals surface area contributed by atoms with E-state index in [1.807, 2.05) is 6.07 Å². The summed E-state index contributed by atoms with van der Waals surface area (Å²) in [6, 6.07) is 14.7. The molecule has 0 aliphatic heterocycles. The smallest absolute Gasteiger partial charge is 0.306 e. The van der Waals surface area contributed by atoms with Crippen LogP contribution in [-0.2, 0) is 9.53 Å². The number of rotatable bonds is 6. The first kappa shape index (κ1) is 15.6. The minimum absolute atomic E-state index is 0.0940. The van der Waals surface area contributed by atoms with E-state index in [4.69, 9.17) is 4.74 Å². The average molecular weight is 284 g/mol. The molecule has 0 fully saturated rings. The van der Waals surface area contributed by atoms with Crippen LogP contribution in [0.25, 0.3) is 10.8 Å². The van der Waals surface area contributed by atoms with E-state index < -0.39 is 0 Å². The molecule has 2 aromatic rings. The Morgan fingerprint density at radius 3 is 2.52 bits per heavy atom. The lowest BCUT2D eigenvalue weighted by molar-refractivity contribution is -0.145. The van der Waals surface area contributed by atoms with Gasteiger partial charge >= 0.3 is 5.97 Å². The normalized spacial score (nSPS) is 12.6. The first-order chi connectivity index (χ1) is 10.1. The van der Waals surface area contributed by atoms with Crippen LogP contribution < -0.4 is 0 Å². The molecule has 0 N–H and O–H groups in total. The number of fused-ring (bicyclic) bond motifs is 1. The zero-order chi connectivity index (χ0) is 15.2. The van der Waals surface area contributed by atoms with Crippen molar-refractivity contribution in [1.82, 2.24) is 0 Å². The highest BCUT2D eigenvalue weighted by Crippen LogP contribution is 2.30. The van der Waals surface area contributed by atoms with Crippen molar-refractivity contribution in [1.29, 1.82) is 0 Å². The first-order valence-electron chi connectivity index (χ1n) is 7.75. The second-order valence-corrected chi connectivity index (χ2v) is 5.95. The summed E-state index contributed by atoms with van der Waals surface area (Å²) < 4.78 is 5.33. The number of esters is 1. The molecule has 0 aliphatic carbocycles. The van der Waals surface area contributed by atoms with Crippen LogP contribution in [0.1, 0.15) is 45.1 Å². The number of carbonyl (C=O) groups is 1. The van der Waals surface area contributed by atoms with Gasteiger partial charge in [-0.2, -0.15) is 0 Å². The summed E-state index contributed by atoms with van der Waals surface area (Å²) >= 11 is 0. The van der Waals surface area contributed by atoms with E-state index in [2.05, 4.69) is 57.2 Å². The fourth-order valence-corrected chi connectivity index (χ4v) is 2.60. The second kappa shape index (κ2) is 7.26. The molecule has 0 radical (unpaired) electrons. The van der Waals surface area contributed by atoms with Gasteiger partial charge in [-0.25, -0.2) is 0 Å². The molecule has 1 unspecified atom stereocenters. The highest BCUT2D eigenvalue weighted by molar-refractivity contribution is 5.86. The van der Waals surface area contributed by atoms with E-state index in [0.717, 1.165) is 6.42 Å². The fraction of sp³-hybridized carbons (Fsp3) is 0.421. The van der Waals surface area contributed by atoms with Crippen molar-refractivity contribution in [3.8, 4) is 0 Å². The summed E-state index contributed by atoms with van der Waals surface area (Å²) in [6.45, 7) is 6.73. The third-order valence-corrected chi connectivity index (χ3v) is 3.75. The van der Waals surface area contributed by atoms with E-state index in [1.54, 1.807) is 0 Å². The molecular formula is C19H24O2. The van der Waals surface area contributed by atoms with Gasteiger partial charge in [-0.3, -0.25) is 4.79 Å². The lowest BCUT2D eigenvalue weighted by atomic mass is 9.89. The molecule has 0 saturated carbocycles. The van der Waals surface area contributed by atoms with Crippen molar-refractivity contribution in [2.24, 2.45) is 5.92 Å². The Balaban J connectivity index is 2.18. The Hall–Kier alpha value is -1.83. The highest BCUT2D eigenvalue weighted by Gasteiger charge is 2.17. The molecule has 0 saturated heterocycles. The van der Waals surface area contributed by atoms with E-state index in [0.29, 0.717) is 18.9 Å². The fourth-order valence-electron chi connectivity index (χ4n) is 2.60. The molecule has 2 aromatic carbocycles. The van der Waals surface area contributed by atoms with Crippen molar-refractivity contribution in [3.63, 3.8) is 0 Å². The van der Waals surface area contributed by atoms with Crippen LogP contribution in [0.3, 0.4) is 0 Å². The number of carbonyl (C=O) groups excluding carboxylic acids is 1. The standard InChI is InChI=1S/C19H24O2/c1-4-15(12-19(20)21-13-14(2)3)17-11-7-9-16-8-5-6-10-18(16)17/h5-11,14-15H,4,12-13H2,1-3H3. The van der Waals surface area contributed by atoms with Gasteiger partial charge in [-0.05, 0) is 34.6 Å². The second-order valence-electron chi connectivity index (χ2n) is 5.95. The number of ether oxygens (including phenoxy) is 1. The quantitative estimate of drug-likeness (QED) is 0.704. The summed E-state index contributed by atoms with van der Waals surface area (Å²) in [4.78, 5) is 12.0. The predicted octanol–water partition coefficient (Wildman–Crippen LogP) is 4.92. The van der Waals surface area contributed by atoms with Gasteiger partial charge in [0.2, 0.25) is 0 Å². The molecule has 0 aromatic heterocycles. The zero-order valence-corrected chi connectivity index (χ0v) is 13.1. The lowest BCUT2D eigenvalue weighted by Gasteiger charge is -2.17. The summed E-state index contributed by atoms with van der Waals surface area (Å²) in [5.41, 5.74) is 1.25. The third-order valence-electron chi connectivity index (χ3n) is 3.75. The molecular weight excluding hydrogens is 260 g/mol. The molecule has 0 heterocycles. The van der Waals surface area contributed by atoms with Crippen LogP contribution in [0, 0.1) is 5.92 Å². The molecule has 2 nitrogen and oxygen atoms in total. The van der Waals surface area contributed by atoms with Gasteiger partial charge in [-0.1, -0.05) is 63.2 Å². The Morgan fingerprint density at radius 2 is 1.81 bits per heavy atom. The van der Waals surface area contributed by atoms with Gasteiger partial charge in [0.05, 0.1) is 13.0 Å². The van der Waals surface area contributed by atoms with Crippen LogP contribution in [0.2, 0.25) is 0 Å². The van der Waals surface area contributed by atoms with E-state index in [-0.39, 0.29) is 11.9 Å². The van der Waals surface area contributed by atoms with Crippen LogP contribution in [0.15, 0.2) is 42.5 Å². The topological polar surface area (TPSA) is 26.3 Å². The summed E-state index contributed by atoms with van der Waals surface area (Å²) in [6.07, 6.45) is 1.39. The highest BCUT2D eigenvalue weighted by atomic mass is 16.5. The van der Waals surface area contributed by atoms with Crippen molar-refractivity contribution in [2.75, 3.05) is 6.61 Å². The van der Waals surface area contributed by atoms with Crippen LogP contribution in [0.5, 0.6) is 0 Å². The minimum atomic E-state index is -0.0940. The first-order valence-corrected chi connectivity index (χ1v) is 7.75. The van der Waals surface area contributed by atoms with Gasteiger partial charge in [0.25, 0.3) is 0 Å². The Kier molecular flexibility index (Phi) is 5.38. The predicted molar refractivity (Wildman–Crippen MR) is 87.4 cm³/mol. The third kappa shape index (κ3) is 4.07. The van der Waals surface area contributed by atoms with Crippen molar-refractivity contribution < 1.29 is 9.53 Å². The number of hydrogen-bond acceptors (Lipinski definition) is 2. The van der Waals surface area contributed by atoms with Crippen molar-refractivity contribution in [2.45, 2.75) is 39.5 Å². The maximum Gasteiger partial charge on any atom is 0.306 e. The van der Waals surface area contributed by atoms with Crippen molar-refractivity contribution >= 4 is 16.7 Å². The Labute approximate surface area is 127 Å². The Morgan fingerprint density at radius 1 is 1.10 bits per heavy atom.